The van der Waals surface area contributed by atoms with Gasteiger partial charge in [0.1, 0.15) is 5.60 Å². The summed E-state index contributed by atoms with van der Waals surface area (Å²) in [6, 6.07) is 9.02. The van der Waals surface area contributed by atoms with Gasteiger partial charge in [-0.2, -0.15) is 0 Å². The van der Waals surface area contributed by atoms with Crippen LogP contribution in [0.3, 0.4) is 0 Å². The molecule has 3 amide bonds. The van der Waals surface area contributed by atoms with Crippen molar-refractivity contribution in [2.75, 3.05) is 13.1 Å². The van der Waals surface area contributed by atoms with Crippen molar-refractivity contribution >= 4 is 24.1 Å². The fraction of sp³-hybridized carbons (Fsp3) is 0.429. The molecule has 2 heterocycles. The number of benzene rings is 1. The van der Waals surface area contributed by atoms with Crippen LogP contribution >= 0.6 is 0 Å². The molecule has 0 radical (unpaired) electrons. The number of imide groups is 1. The van der Waals surface area contributed by atoms with Crippen LogP contribution in [0, 0.1) is 11.8 Å². The van der Waals surface area contributed by atoms with E-state index in [1.807, 2.05) is 18.2 Å². The lowest BCUT2D eigenvalue weighted by Gasteiger charge is -2.45. The Morgan fingerprint density at radius 3 is 2.20 bits per heavy atom. The molecule has 0 unspecified atom stereocenters. The minimum Gasteiger partial charge on any atom is -0.444 e. The number of hydrogen-bond acceptors (Lipinski definition) is 7. The minimum atomic E-state index is -1.35. The second-order valence-electron chi connectivity index (χ2n) is 7.97. The topological polar surface area (TPSA) is 102 Å². The van der Waals surface area contributed by atoms with Gasteiger partial charge in [-0.05, 0) is 38.8 Å². The van der Waals surface area contributed by atoms with Crippen molar-refractivity contribution in [2.24, 2.45) is 0 Å². The molecule has 9 heteroatoms. The maximum absolute atomic E-state index is 12.2. The first-order valence-electron chi connectivity index (χ1n) is 9.40. The zero-order valence-corrected chi connectivity index (χ0v) is 17.0. The lowest BCUT2D eigenvalue weighted by Crippen LogP contribution is -2.65. The quantitative estimate of drug-likeness (QED) is 0.415. The zero-order chi connectivity index (χ0) is 21.9. The molecule has 9 nitrogen and oxygen atoms in total. The molecule has 0 saturated carbocycles. The number of carbonyl (C=O) groups is 4. The Labute approximate surface area is 173 Å². The van der Waals surface area contributed by atoms with E-state index in [2.05, 4.69) is 11.8 Å². The minimum absolute atomic E-state index is 0.0303. The second-order valence-corrected chi connectivity index (χ2v) is 7.97. The van der Waals surface area contributed by atoms with Gasteiger partial charge in [-0.3, -0.25) is 19.3 Å². The number of amides is 3. The summed E-state index contributed by atoms with van der Waals surface area (Å²) < 4.78 is 10.6. The van der Waals surface area contributed by atoms with Gasteiger partial charge >= 0.3 is 12.2 Å². The number of nitrogens with zero attached hydrogens (tertiary/aromatic N) is 2. The molecule has 30 heavy (non-hydrogen) atoms. The number of carbonyl (C=O) groups excluding carboxylic acids is 4. The van der Waals surface area contributed by atoms with Gasteiger partial charge in [0.05, 0.1) is 13.1 Å². The van der Waals surface area contributed by atoms with Crippen molar-refractivity contribution < 1.29 is 33.5 Å². The molecule has 0 spiro atoms. The highest BCUT2D eigenvalue weighted by molar-refractivity contribution is 6.01. The van der Waals surface area contributed by atoms with E-state index >= 15 is 0 Å². The van der Waals surface area contributed by atoms with Gasteiger partial charge in [-0.25, -0.2) is 9.59 Å². The first-order valence-corrected chi connectivity index (χ1v) is 9.40. The molecule has 3 rings (SSSR count). The maximum Gasteiger partial charge on any atom is 0.535 e. The molecule has 1 aromatic carbocycles. The van der Waals surface area contributed by atoms with Crippen molar-refractivity contribution in [3.63, 3.8) is 0 Å². The van der Waals surface area contributed by atoms with Crippen LogP contribution in [0.4, 0.5) is 9.59 Å². The van der Waals surface area contributed by atoms with Crippen LogP contribution in [-0.2, 0) is 23.9 Å². The van der Waals surface area contributed by atoms with E-state index in [4.69, 9.17) is 14.3 Å². The summed E-state index contributed by atoms with van der Waals surface area (Å²) in [6.45, 7) is 5.14. The fourth-order valence-corrected chi connectivity index (χ4v) is 2.81. The summed E-state index contributed by atoms with van der Waals surface area (Å²) in [7, 11) is 0. The first kappa shape index (κ1) is 21.2. The van der Waals surface area contributed by atoms with E-state index in [0.717, 1.165) is 0 Å². The van der Waals surface area contributed by atoms with E-state index in [0.29, 0.717) is 10.6 Å². The lowest BCUT2D eigenvalue weighted by atomic mass is 9.94. The molecule has 2 aliphatic rings. The summed E-state index contributed by atoms with van der Waals surface area (Å²) in [4.78, 5) is 53.8. The van der Waals surface area contributed by atoms with Gasteiger partial charge < -0.3 is 9.47 Å². The molecule has 0 atom stereocenters. The molecule has 0 aliphatic carbocycles. The van der Waals surface area contributed by atoms with Crippen LogP contribution in [0.2, 0.25) is 0 Å². The summed E-state index contributed by atoms with van der Waals surface area (Å²) in [5, 5.41) is 0.394. The Morgan fingerprint density at radius 1 is 1.03 bits per heavy atom. The summed E-state index contributed by atoms with van der Waals surface area (Å²) in [5.41, 5.74) is -1.34. The van der Waals surface area contributed by atoms with Crippen molar-refractivity contribution in [3.8, 4) is 11.8 Å². The Hall–Kier alpha value is -3.54. The van der Waals surface area contributed by atoms with Gasteiger partial charge in [0.2, 0.25) is 5.60 Å². The third-order valence-electron chi connectivity index (χ3n) is 4.20. The van der Waals surface area contributed by atoms with Gasteiger partial charge in [0, 0.05) is 18.4 Å². The zero-order valence-electron chi connectivity index (χ0n) is 17.0. The van der Waals surface area contributed by atoms with Crippen molar-refractivity contribution in [1.29, 1.82) is 0 Å². The van der Waals surface area contributed by atoms with Crippen LogP contribution in [0.15, 0.2) is 30.3 Å². The third-order valence-corrected chi connectivity index (χ3v) is 4.20. The summed E-state index contributed by atoms with van der Waals surface area (Å²) in [6.07, 6.45) is -1.87. The molecular formula is C21H22N2O7. The Balaban J connectivity index is 1.72. The standard InChI is InChI=1S/C21H22N2O7/c1-20(2,3)28-18(26)22-13-21(14-22,12-11-15-7-5-4-6-8-15)29-19(27)30-23-16(24)9-10-17(23)25/h4-8H,9-10,13-14H2,1-3H3. The van der Waals surface area contributed by atoms with E-state index in [1.165, 1.54) is 4.90 Å². The van der Waals surface area contributed by atoms with Crippen LogP contribution in [0.1, 0.15) is 39.2 Å². The molecule has 158 valence electrons. The Kier molecular flexibility index (Phi) is 5.69. The summed E-state index contributed by atoms with van der Waals surface area (Å²) in [5.74, 6) is 4.53. The van der Waals surface area contributed by atoms with E-state index in [-0.39, 0.29) is 25.9 Å². The molecule has 0 N–H and O–H groups in total. The predicted molar refractivity (Wildman–Crippen MR) is 103 cm³/mol. The SMILES string of the molecule is CC(C)(C)OC(=O)N1CC(C#Cc2ccccc2)(OC(=O)ON2C(=O)CCC2=O)C1. The molecule has 2 fully saturated rings. The number of rotatable bonds is 2. The maximum atomic E-state index is 12.2. The van der Waals surface area contributed by atoms with E-state index in [9.17, 15) is 19.2 Å². The van der Waals surface area contributed by atoms with Gasteiger partial charge in [-0.15, -0.1) is 0 Å². The van der Waals surface area contributed by atoms with Crippen molar-refractivity contribution in [1.82, 2.24) is 9.96 Å². The first-order chi connectivity index (χ1) is 14.1. The van der Waals surface area contributed by atoms with Gasteiger partial charge in [0.25, 0.3) is 11.8 Å². The molecule has 0 bridgehead atoms. The molecule has 2 saturated heterocycles. The lowest BCUT2D eigenvalue weighted by molar-refractivity contribution is -0.184. The monoisotopic (exact) mass is 414 g/mol. The number of hydrogen-bond donors (Lipinski definition) is 0. The molecule has 2 aliphatic heterocycles. The molecule has 0 aromatic heterocycles. The predicted octanol–water partition coefficient (Wildman–Crippen LogP) is 2.24. The third kappa shape index (κ3) is 5.08. The number of hydroxylamine groups is 2. The highest BCUT2D eigenvalue weighted by Crippen LogP contribution is 2.28. The van der Waals surface area contributed by atoms with Gasteiger partial charge in [0.15, 0.2) is 0 Å². The Morgan fingerprint density at radius 2 is 1.63 bits per heavy atom. The normalized spacial score (nSPS) is 17.6. The second kappa shape index (κ2) is 8.06. The number of ether oxygens (including phenoxy) is 2. The van der Waals surface area contributed by atoms with Crippen LogP contribution in [0.5, 0.6) is 0 Å². The van der Waals surface area contributed by atoms with Crippen molar-refractivity contribution in [2.45, 2.75) is 44.8 Å². The largest absolute Gasteiger partial charge is 0.535 e. The average Bonchev–Trinajstić information content (AvgIpc) is 2.94. The van der Waals surface area contributed by atoms with Crippen molar-refractivity contribution in [3.05, 3.63) is 35.9 Å². The molecule has 1 aromatic rings. The van der Waals surface area contributed by atoms with Gasteiger partial charge in [-0.1, -0.05) is 29.2 Å². The smallest absolute Gasteiger partial charge is 0.444 e. The molecular weight excluding hydrogens is 392 g/mol. The van der Waals surface area contributed by atoms with Crippen LogP contribution in [-0.4, -0.2) is 58.3 Å². The van der Waals surface area contributed by atoms with Crippen LogP contribution in [0.25, 0.3) is 0 Å². The highest BCUT2D eigenvalue weighted by atomic mass is 16.8. The average molecular weight is 414 g/mol. The summed E-state index contributed by atoms with van der Waals surface area (Å²) >= 11 is 0. The fourth-order valence-electron chi connectivity index (χ4n) is 2.81. The van der Waals surface area contributed by atoms with E-state index in [1.54, 1.807) is 32.9 Å². The number of likely N-dealkylation sites (tertiary alicyclic amines) is 1. The highest BCUT2D eigenvalue weighted by Gasteiger charge is 2.50. The van der Waals surface area contributed by atoms with E-state index < -0.39 is 35.3 Å². The van der Waals surface area contributed by atoms with Crippen LogP contribution < -0.4 is 0 Å². The Bertz CT molecular complexity index is 902.